The first-order valence-corrected chi connectivity index (χ1v) is 6.51. The fraction of sp³-hybridized carbons (Fsp3) is 0.615. The first-order chi connectivity index (χ1) is 8.81. The maximum Gasteiger partial charge on any atom is 0.274 e. The van der Waals surface area contributed by atoms with E-state index in [2.05, 4.69) is 15.3 Å². The smallest absolute Gasteiger partial charge is 0.274 e. The third-order valence-electron chi connectivity index (χ3n) is 3.49. The van der Waals surface area contributed by atoms with Crippen LogP contribution in [0.15, 0.2) is 18.6 Å². The van der Waals surface area contributed by atoms with Gasteiger partial charge in [0.15, 0.2) is 0 Å². The highest BCUT2D eigenvalue weighted by molar-refractivity contribution is 5.91. The number of nitrogens with zero attached hydrogens (tertiary/aromatic N) is 3. The van der Waals surface area contributed by atoms with Gasteiger partial charge in [-0.1, -0.05) is 0 Å². The highest BCUT2D eigenvalue weighted by Crippen LogP contribution is 2.20. The Morgan fingerprint density at radius 2 is 2.22 bits per heavy atom. The minimum atomic E-state index is 0.00941. The largest absolute Gasteiger partial charge is 0.337 e. The minimum Gasteiger partial charge on any atom is -0.337 e. The number of carbonyl (C=O) groups is 1. The molecule has 1 aromatic heterocycles. The quantitative estimate of drug-likeness (QED) is 0.861. The molecule has 1 N–H and O–H groups in total. The highest BCUT2D eigenvalue weighted by atomic mass is 16.2. The standard InChI is InChI=1S/C13H20N4O/c1-14-5-2-11-3-8-17(9-4-11)13(18)12-10-15-6-7-16-12/h6-7,10-11,14H,2-5,8-9H2,1H3. The van der Waals surface area contributed by atoms with Crippen LogP contribution in [0.5, 0.6) is 0 Å². The second-order valence-corrected chi connectivity index (χ2v) is 4.72. The zero-order chi connectivity index (χ0) is 12.8. The SMILES string of the molecule is CNCCC1CCN(C(=O)c2cnccn2)CC1. The number of likely N-dealkylation sites (tertiary alicyclic amines) is 1. The fourth-order valence-corrected chi connectivity index (χ4v) is 2.34. The molecule has 0 saturated carbocycles. The molecule has 1 fully saturated rings. The Labute approximate surface area is 108 Å². The molecule has 1 aromatic rings. The van der Waals surface area contributed by atoms with Crippen molar-refractivity contribution in [1.82, 2.24) is 20.2 Å². The predicted molar refractivity (Wildman–Crippen MR) is 69.2 cm³/mol. The van der Waals surface area contributed by atoms with Gasteiger partial charge < -0.3 is 10.2 Å². The summed E-state index contributed by atoms with van der Waals surface area (Å²) in [4.78, 5) is 22.0. The lowest BCUT2D eigenvalue weighted by Crippen LogP contribution is -2.39. The van der Waals surface area contributed by atoms with E-state index in [1.165, 1.54) is 12.6 Å². The van der Waals surface area contributed by atoms with Crippen LogP contribution in [0.3, 0.4) is 0 Å². The van der Waals surface area contributed by atoms with Crippen LogP contribution < -0.4 is 5.32 Å². The number of amides is 1. The van der Waals surface area contributed by atoms with E-state index in [0.29, 0.717) is 5.69 Å². The summed E-state index contributed by atoms with van der Waals surface area (Å²) in [6.07, 6.45) is 8.06. The average molecular weight is 248 g/mol. The molecule has 1 aliphatic heterocycles. The summed E-state index contributed by atoms with van der Waals surface area (Å²) in [6.45, 7) is 2.73. The number of carbonyl (C=O) groups excluding carboxylic acids is 1. The second-order valence-electron chi connectivity index (χ2n) is 4.72. The van der Waals surface area contributed by atoms with Gasteiger partial charge >= 0.3 is 0 Å². The van der Waals surface area contributed by atoms with Crippen LogP contribution in [-0.4, -0.2) is 47.5 Å². The number of piperidine rings is 1. The van der Waals surface area contributed by atoms with Gasteiger partial charge in [0.05, 0.1) is 6.20 Å². The molecule has 0 spiro atoms. The third-order valence-corrected chi connectivity index (χ3v) is 3.49. The van der Waals surface area contributed by atoms with Crippen molar-refractivity contribution in [1.29, 1.82) is 0 Å². The number of hydrogen-bond acceptors (Lipinski definition) is 4. The zero-order valence-electron chi connectivity index (χ0n) is 10.8. The van der Waals surface area contributed by atoms with Crippen LogP contribution in [0.25, 0.3) is 0 Å². The average Bonchev–Trinajstić information content (AvgIpc) is 2.46. The van der Waals surface area contributed by atoms with Gasteiger partial charge in [0.2, 0.25) is 0 Å². The monoisotopic (exact) mass is 248 g/mol. The van der Waals surface area contributed by atoms with E-state index in [1.54, 1.807) is 12.4 Å². The van der Waals surface area contributed by atoms with E-state index in [-0.39, 0.29) is 5.91 Å². The molecular weight excluding hydrogens is 228 g/mol. The Balaban J connectivity index is 1.84. The zero-order valence-corrected chi connectivity index (χ0v) is 10.8. The molecular formula is C13H20N4O. The van der Waals surface area contributed by atoms with E-state index in [1.807, 2.05) is 11.9 Å². The van der Waals surface area contributed by atoms with Gasteiger partial charge in [-0.15, -0.1) is 0 Å². The number of nitrogens with one attached hydrogen (secondary N) is 1. The summed E-state index contributed by atoms with van der Waals surface area (Å²) in [5.41, 5.74) is 0.450. The molecule has 1 aliphatic rings. The molecule has 1 saturated heterocycles. The molecule has 0 aliphatic carbocycles. The molecule has 5 heteroatoms. The van der Waals surface area contributed by atoms with Gasteiger partial charge in [-0.3, -0.25) is 9.78 Å². The van der Waals surface area contributed by atoms with E-state index < -0.39 is 0 Å². The topological polar surface area (TPSA) is 58.1 Å². The second kappa shape index (κ2) is 6.44. The highest BCUT2D eigenvalue weighted by Gasteiger charge is 2.23. The van der Waals surface area contributed by atoms with Gasteiger partial charge in [0.1, 0.15) is 5.69 Å². The Kier molecular flexibility index (Phi) is 4.64. The van der Waals surface area contributed by atoms with E-state index in [9.17, 15) is 4.79 Å². The maximum atomic E-state index is 12.1. The molecule has 2 heterocycles. The van der Waals surface area contributed by atoms with Crippen molar-refractivity contribution < 1.29 is 4.79 Å². The molecule has 0 atom stereocenters. The molecule has 0 radical (unpaired) electrons. The predicted octanol–water partition coefficient (Wildman–Crippen LogP) is 0.938. The number of rotatable bonds is 4. The summed E-state index contributed by atoms with van der Waals surface area (Å²) >= 11 is 0. The van der Waals surface area contributed by atoms with Crippen molar-refractivity contribution in [3.63, 3.8) is 0 Å². The van der Waals surface area contributed by atoms with Crippen molar-refractivity contribution in [2.45, 2.75) is 19.3 Å². The van der Waals surface area contributed by atoms with Crippen molar-refractivity contribution in [3.8, 4) is 0 Å². The minimum absolute atomic E-state index is 0.00941. The number of aromatic nitrogens is 2. The third kappa shape index (κ3) is 3.26. The molecule has 0 bridgehead atoms. The fourth-order valence-electron chi connectivity index (χ4n) is 2.34. The summed E-state index contributed by atoms with van der Waals surface area (Å²) < 4.78 is 0. The molecule has 18 heavy (non-hydrogen) atoms. The lowest BCUT2D eigenvalue weighted by atomic mass is 9.93. The summed E-state index contributed by atoms with van der Waals surface area (Å²) in [7, 11) is 1.98. The van der Waals surface area contributed by atoms with Crippen LogP contribution in [0.2, 0.25) is 0 Å². The van der Waals surface area contributed by atoms with Gasteiger partial charge in [0, 0.05) is 25.5 Å². The van der Waals surface area contributed by atoms with Crippen LogP contribution >= 0.6 is 0 Å². The molecule has 0 unspecified atom stereocenters. The van der Waals surface area contributed by atoms with Crippen molar-refractivity contribution >= 4 is 5.91 Å². The van der Waals surface area contributed by atoms with Crippen molar-refractivity contribution in [2.75, 3.05) is 26.7 Å². The van der Waals surface area contributed by atoms with Crippen molar-refractivity contribution in [3.05, 3.63) is 24.3 Å². The molecule has 98 valence electrons. The van der Waals surface area contributed by atoms with Gasteiger partial charge in [0.25, 0.3) is 5.91 Å². The first kappa shape index (κ1) is 13.0. The Morgan fingerprint density at radius 3 is 2.83 bits per heavy atom. The summed E-state index contributed by atoms with van der Waals surface area (Å²) in [5.74, 6) is 0.749. The molecule has 2 rings (SSSR count). The van der Waals surface area contributed by atoms with Crippen LogP contribution in [-0.2, 0) is 0 Å². The molecule has 5 nitrogen and oxygen atoms in total. The van der Waals surface area contributed by atoms with E-state index >= 15 is 0 Å². The lowest BCUT2D eigenvalue weighted by molar-refractivity contribution is 0.0680. The summed E-state index contributed by atoms with van der Waals surface area (Å²) in [5, 5.41) is 3.18. The van der Waals surface area contributed by atoms with Gasteiger partial charge in [-0.05, 0) is 38.8 Å². The maximum absolute atomic E-state index is 12.1. The Bertz CT molecular complexity index is 374. The van der Waals surface area contributed by atoms with E-state index in [0.717, 1.165) is 38.4 Å². The first-order valence-electron chi connectivity index (χ1n) is 6.51. The van der Waals surface area contributed by atoms with Gasteiger partial charge in [-0.25, -0.2) is 4.98 Å². The summed E-state index contributed by atoms with van der Waals surface area (Å²) in [6, 6.07) is 0. The van der Waals surface area contributed by atoms with Crippen LogP contribution in [0, 0.1) is 5.92 Å². The normalized spacial score (nSPS) is 16.8. The molecule has 0 aromatic carbocycles. The van der Waals surface area contributed by atoms with E-state index in [4.69, 9.17) is 0 Å². The Hall–Kier alpha value is -1.49. The molecule has 1 amide bonds. The Morgan fingerprint density at radius 1 is 1.44 bits per heavy atom. The van der Waals surface area contributed by atoms with Gasteiger partial charge in [-0.2, -0.15) is 0 Å². The van der Waals surface area contributed by atoms with Crippen LogP contribution in [0.4, 0.5) is 0 Å². The number of hydrogen-bond donors (Lipinski definition) is 1. The van der Waals surface area contributed by atoms with Crippen molar-refractivity contribution in [2.24, 2.45) is 5.92 Å². The van der Waals surface area contributed by atoms with Crippen LogP contribution in [0.1, 0.15) is 29.8 Å². The lowest BCUT2D eigenvalue weighted by Gasteiger charge is -2.31.